The van der Waals surface area contributed by atoms with Gasteiger partial charge in [0.1, 0.15) is 0 Å². The van der Waals surface area contributed by atoms with Crippen molar-refractivity contribution in [1.82, 2.24) is 0 Å². The number of halogens is 2. The van der Waals surface area contributed by atoms with Crippen LogP contribution >= 0.6 is 24.8 Å². The van der Waals surface area contributed by atoms with Crippen LogP contribution in [0.4, 0.5) is 0 Å². The molecular weight excluding hydrogens is 527 g/mol. The van der Waals surface area contributed by atoms with Crippen LogP contribution in [0.15, 0.2) is 39.2 Å². The van der Waals surface area contributed by atoms with Crippen molar-refractivity contribution in [2.75, 3.05) is 0 Å². The zero-order chi connectivity index (χ0) is 22.5. The quantitative estimate of drug-likeness (QED) is 0.225. The third-order valence-corrected chi connectivity index (χ3v) is 24.6. The van der Waals surface area contributed by atoms with E-state index < -0.39 is 19.4 Å². The molecule has 2 unspecified atom stereocenters. The molecule has 32 heavy (non-hydrogen) atoms. The van der Waals surface area contributed by atoms with Crippen LogP contribution in [0.3, 0.4) is 0 Å². The Bertz CT molecular complexity index is 815. The van der Waals surface area contributed by atoms with Crippen molar-refractivity contribution in [3.63, 3.8) is 0 Å². The Morgan fingerprint density at radius 3 is 2.03 bits per heavy atom. The van der Waals surface area contributed by atoms with Gasteiger partial charge in [-0.3, -0.25) is 0 Å². The van der Waals surface area contributed by atoms with Gasteiger partial charge in [-0.15, -0.1) is 24.8 Å². The Balaban J connectivity index is 0.00000107. The minimum absolute atomic E-state index is 0. The number of fused-ring (bicyclic) bond motifs is 1. The van der Waals surface area contributed by atoms with Crippen molar-refractivity contribution < 1.29 is 19.4 Å². The van der Waals surface area contributed by atoms with Gasteiger partial charge in [0.15, 0.2) is 0 Å². The van der Waals surface area contributed by atoms with Crippen molar-refractivity contribution in [1.29, 1.82) is 0 Å². The van der Waals surface area contributed by atoms with E-state index in [2.05, 4.69) is 89.5 Å². The Morgan fingerprint density at radius 1 is 1.00 bits per heavy atom. The van der Waals surface area contributed by atoms with Gasteiger partial charge in [0.05, 0.1) is 0 Å². The first-order valence-electron chi connectivity index (χ1n) is 12.4. The van der Waals surface area contributed by atoms with E-state index in [9.17, 15) is 0 Å². The first-order chi connectivity index (χ1) is 14.1. The fourth-order valence-corrected chi connectivity index (χ4v) is 21.1. The molecule has 0 spiro atoms. The van der Waals surface area contributed by atoms with E-state index in [-0.39, 0.29) is 24.8 Å². The van der Waals surface area contributed by atoms with Crippen LogP contribution in [0.25, 0.3) is 6.08 Å². The third kappa shape index (κ3) is 7.56. The fourth-order valence-electron chi connectivity index (χ4n) is 5.06. The molecule has 0 aromatic heterocycles. The van der Waals surface area contributed by atoms with Gasteiger partial charge in [-0.05, 0) is 0 Å². The van der Waals surface area contributed by atoms with Crippen molar-refractivity contribution in [3.05, 3.63) is 61.5 Å². The monoisotopic (exact) mass is 572 g/mol. The van der Waals surface area contributed by atoms with Gasteiger partial charge in [0.2, 0.25) is 0 Å². The summed E-state index contributed by atoms with van der Waals surface area (Å²) in [5, 5.41) is 0. The second kappa shape index (κ2) is 14.5. The number of allylic oxidation sites excluding steroid dienone is 5. The summed E-state index contributed by atoms with van der Waals surface area (Å²) in [6.07, 6.45) is 16.4. The van der Waals surface area contributed by atoms with Crippen molar-refractivity contribution in [2.45, 2.75) is 101 Å². The topological polar surface area (TPSA) is 0 Å². The molecular formula is C28H48Cl2SiZr. The second-order valence-electron chi connectivity index (χ2n) is 10.5. The molecule has 3 rings (SSSR count). The standard InChI is InChI=1S/C16H21.C6H14.C5H5.CH3.2ClH.H3Si.Zr/c1-10(2)13-8-14-6-12(5)7-16(14)15(9-13)11(3)4;1-3-5-6-4-2;1-2-4-5-3-1;;;;;/h6-11H,1-5H3;3-6H2,1-2H3;1-3H,4H2;1H3;2*1H;1H3;. The van der Waals surface area contributed by atoms with E-state index in [0.717, 1.165) is 3.63 Å². The predicted molar refractivity (Wildman–Crippen MR) is 153 cm³/mol. The SMILES string of the molecule is CC1=Cc2c(C(C)C)cc(C(C)C)cc2[CH]1[Zr]([CH3])([SiH3])[C]1=CC=CC1.CCCCCC.Cl.Cl. The Kier molecular flexibility index (Phi) is 14.6. The first-order valence-corrected chi connectivity index (χ1v) is 25.8. The Hall–Kier alpha value is 0.120. The van der Waals surface area contributed by atoms with E-state index >= 15 is 0 Å². The van der Waals surface area contributed by atoms with E-state index in [1.165, 1.54) is 45.0 Å². The molecule has 1 aromatic carbocycles. The van der Waals surface area contributed by atoms with Crippen LogP contribution in [0.1, 0.15) is 118 Å². The van der Waals surface area contributed by atoms with Crippen LogP contribution in [-0.2, 0) is 19.4 Å². The number of unbranched alkanes of at least 4 members (excludes halogenated alkanes) is 3. The smallest absolute Gasteiger partial charge is 0.0536 e. The summed E-state index contributed by atoms with van der Waals surface area (Å²) >= 11 is -2.27. The van der Waals surface area contributed by atoms with Crippen LogP contribution in [0.5, 0.6) is 0 Å². The molecule has 0 radical (unpaired) electrons. The molecule has 0 saturated heterocycles. The van der Waals surface area contributed by atoms with Gasteiger partial charge in [-0.1, -0.05) is 39.5 Å². The molecule has 0 fully saturated rings. The Labute approximate surface area is 218 Å². The van der Waals surface area contributed by atoms with E-state index in [4.69, 9.17) is 0 Å². The molecule has 0 bridgehead atoms. The number of benzene rings is 1. The maximum absolute atomic E-state index is 2.70. The molecule has 1 aromatic rings. The Morgan fingerprint density at radius 2 is 1.59 bits per heavy atom. The zero-order valence-corrected chi connectivity index (χ0v) is 28.1. The molecule has 0 nitrogen and oxygen atoms in total. The molecule has 2 aliphatic rings. The maximum Gasteiger partial charge on any atom is -0.0536 e. The summed E-state index contributed by atoms with van der Waals surface area (Å²) in [6.45, 7) is 16.2. The number of hydrogen-bond acceptors (Lipinski definition) is 0. The van der Waals surface area contributed by atoms with E-state index in [1.54, 1.807) is 22.3 Å². The average molecular weight is 575 g/mol. The third-order valence-electron chi connectivity index (χ3n) is 6.97. The normalized spacial score (nSPS) is 18.2. The molecule has 0 heterocycles. The minimum Gasteiger partial charge on any atom is -0.147 e. The molecule has 4 heteroatoms. The average Bonchev–Trinajstić information content (AvgIpc) is 3.33. The van der Waals surface area contributed by atoms with Gasteiger partial charge < -0.3 is 0 Å². The first kappa shape index (κ1) is 32.1. The molecule has 182 valence electrons. The summed E-state index contributed by atoms with van der Waals surface area (Å²) in [5.74, 6) is 1.21. The van der Waals surface area contributed by atoms with Crippen LogP contribution in [-0.4, -0.2) is 7.37 Å². The summed E-state index contributed by atoms with van der Waals surface area (Å²) in [7, 11) is 1.39. The minimum atomic E-state index is -2.27. The largest absolute Gasteiger partial charge is 0.147 e. The van der Waals surface area contributed by atoms with Crippen molar-refractivity contribution in [3.8, 4) is 0 Å². The molecule has 2 aliphatic carbocycles. The summed E-state index contributed by atoms with van der Waals surface area (Å²) in [4.78, 5) is 0. The van der Waals surface area contributed by atoms with E-state index in [0.29, 0.717) is 11.8 Å². The molecule has 0 aliphatic heterocycles. The van der Waals surface area contributed by atoms with Crippen molar-refractivity contribution >= 4 is 38.3 Å². The summed E-state index contributed by atoms with van der Waals surface area (Å²) in [6, 6.07) is 5.05. The van der Waals surface area contributed by atoms with Gasteiger partial charge in [0, 0.05) is 0 Å². The molecule has 0 saturated carbocycles. The van der Waals surface area contributed by atoms with Gasteiger partial charge in [-0.2, -0.15) is 0 Å². The van der Waals surface area contributed by atoms with Crippen LogP contribution in [0.2, 0.25) is 4.63 Å². The van der Waals surface area contributed by atoms with Crippen LogP contribution in [0, 0.1) is 0 Å². The van der Waals surface area contributed by atoms with Gasteiger partial charge in [-0.25, -0.2) is 0 Å². The number of rotatable bonds is 7. The van der Waals surface area contributed by atoms with Crippen molar-refractivity contribution in [2.24, 2.45) is 0 Å². The summed E-state index contributed by atoms with van der Waals surface area (Å²) < 4.78 is 5.31. The zero-order valence-electron chi connectivity index (χ0n) is 22.0. The van der Waals surface area contributed by atoms with Gasteiger partial charge >= 0.3 is 155 Å². The van der Waals surface area contributed by atoms with Gasteiger partial charge in [0.25, 0.3) is 0 Å². The number of hydrogen-bond donors (Lipinski definition) is 0. The van der Waals surface area contributed by atoms with E-state index in [1.807, 2.05) is 3.28 Å². The fraction of sp³-hybridized carbons (Fsp3) is 0.571. The van der Waals surface area contributed by atoms with Crippen LogP contribution < -0.4 is 0 Å². The molecule has 0 amide bonds. The predicted octanol–water partition coefficient (Wildman–Crippen LogP) is 9.15. The second-order valence-corrected chi connectivity index (χ2v) is 34.2. The maximum atomic E-state index is 2.70. The molecule has 0 N–H and O–H groups in total. The molecule has 2 atom stereocenters. The summed E-state index contributed by atoms with van der Waals surface area (Å²) in [5.41, 5.74) is 8.01.